The van der Waals surface area contributed by atoms with Crippen molar-refractivity contribution < 1.29 is 0 Å². The SMILES string of the molecule is C[C@@H]1CC2C[C@H](C)CC(c3ccc(-c4nc(-c5cccc(-c6ccccc6)c5)nc(-c5cccc6c5C(c5ccccc5)c5ccc(C#N)cc5-6)n4)cc3)(C2)C1. The van der Waals surface area contributed by atoms with Crippen molar-refractivity contribution in [1.82, 2.24) is 15.0 Å². The van der Waals surface area contributed by atoms with Gasteiger partial charge in [-0.25, -0.2) is 15.0 Å². The molecule has 3 aliphatic rings. The molecule has 0 radical (unpaired) electrons. The summed E-state index contributed by atoms with van der Waals surface area (Å²) in [6, 6.07) is 53.8. The van der Waals surface area contributed by atoms with Crippen molar-refractivity contribution in [2.45, 2.75) is 57.3 Å². The van der Waals surface area contributed by atoms with E-state index in [4.69, 9.17) is 15.0 Å². The van der Waals surface area contributed by atoms with Crippen LogP contribution in [0.5, 0.6) is 0 Å². The van der Waals surface area contributed by atoms with Crippen LogP contribution in [0.15, 0.2) is 146 Å². The van der Waals surface area contributed by atoms with E-state index >= 15 is 0 Å². The van der Waals surface area contributed by atoms with Crippen molar-refractivity contribution in [3.63, 3.8) is 0 Å². The smallest absolute Gasteiger partial charge is 0.164 e. The first-order valence-corrected chi connectivity index (χ1v) is 20.2. The molecule has 2 saturated carbocycles. The predicted molar refractivity (Wildman–Crippen MR) is 226 cm³/mol. The fourth-order valence-corrected chi connectivity index (χ4v) is 10.8. The van der Waals surface area contributed by atoms with E-state index in [1.807, 2.05) is 18.2 Å². The zero-order chi connectivity index (χ0) is 37.8. The summed E-state index contributed by atoms with van der Waals surface area (Å²) >= 11 is 0. The molecule has 3 unspecified atom stereocenters. The van der Waals surface area contributed by atoms with E-state index in [-0.39, 0.29) is 11.3 Å². The molecule has 56 heavy (non-hydrogen) atoms. The van der Waals surface area contributed by atoms with Crippen molar-refractivity contribution in [3.05, 3.63) is 173 Å². The summed E-state index contributed by atoms with van der Waals surface area (Å²) in [6.07, 6.45) is 6.57. The second kappa shape index (κ2) is 13.8. The minimum atomic E-state index is -0.0339. The van der Waals surface area contributed by atoms with Crippen molar-refractivity contribution >= 4 is 0 Å². The van der Waals surface area contributed by atoms with E-state index < -0.39 is 0 Å². The van der Waals surface area contributed by atoms with E-state index in [9.17, 15) is 5.26 Å². The van der Waals surface area contributed by atoms with Crippen molar-refractivity contribution in [3.8, 4) is 62.5 Å². The average molecular weight is 725 g/mol. The van der Waals surface area contributed by atoms with E-state index in [1.54, 1.807) is 0 Å². The van der Waals surface area contributed by atoms with E-state index in [0.717, 1.165) is 62.3 Å². The van der Waals surface area contributed by atoms with Crippen LogP contribution in [0.1, 0.15) is 79.7 Å². The van der Waals surface area contributed by atoms with Crippen LogP contribution in [-0.2, 0) is 5.41 Å². The zero-order valence-electron chi connectivity index (χ0n) is 32.0. The van der Waals surface area contributed by atoms with Gasteiger partial charge in [-0.1, -0.05) is 141 Å². The van der Waals surface area contributed by atoms with Gasteiger partial charge in [-0.3, -0.25) is 0 Å². The maximum absolute atomic E-state index is 9.88. The van der Waals surface area contributed by atoms with Crippen molar-refractivity contribution in [1.29, 1.82) is 5.26 Å². The highest BCUT2D eigenvalue weighted by molar-refractivity contribution is 5.88. The summed E-state index contributed by atoms with van der Waals surface area (Å²) in [5.74, 6) is 4.26. The van der Waals surface area contributed by atoms with Gasteiger partial charge >= 0.3 is 0 Å². The Hall–Kier alpha value is -6.18. The van der Waals surface area contributed by atoms with Gasteiger partial charge in [0, 0.05) is 22.6 Å². The first kappa shape index (κ1) is 34.3. The highest BCUT2D eigenvalue weighted by Crippen LogP contribution is 2.55. The van der Waals surface area contributed by atoms with Crippen LogP contribution in [0.2, 0.25) is 0 Å². The van der Waals surface area contributed by atoms with Gasteiger partial charge in [0.05, 0.1) is 11.6 Å². The maximum atomic E-state index is 9.88. The molecule has 10 rings (SSSR count). The number of fused-ring (bicyclic) bond motifs is 5. The summed E-state index contributed by atoms with van der Waals surface area (Å²) in [5.41, 5.74) is 13.3. The molecule has 3 aliphatic carbocycles. The topological polar surface area (TPSA) is 62.5 Å². The Labute approximate surface area is 330 Å². The van der Waals surface area contributed by atoms with Gasteiger partial charge in [0.15, 0.2) is 17.5 Å². The third-order valence-corrected chi connectivity index (χ3v) is 12.8. The first-order valence-electron chi connectivity index (χ1n) is 20.2. The monoisotopic (exact) mass is 724 g/mol. The fraction of sp³-hybridized carbons (Fsp3) is 0.231. The molecule has 7 aromatic rings. The van der Waals surface area contributed by atoms with Gasteiger partial charge in [0.1, 0.15) is 0 Å². The van der Waals surface area contributed by atoms with Crippen molar-refractivity contribution in [2.24, 2.45) is 17.8 Å². The lowest BCUT2D eigenvalue weighted by molar-refractivity contribution is 0.0780. The molecule has 0 aliphatic heterocycles. The highest BCUT2D eigenvalue weighted by atomic mass is 15.0. The molecule has 4 heteroatoms. The summed E-state index contributed by atoms with van der Waals surface area (Å²) in [6.45, 7) is 4.91. The molecule has 4 nitrogen and oxygen atoms in total. The molecule has 0 saturated heterocycles. The van der Waals surface area contributed by atoms with Crippen LogP contribution in [0.4, 0.5) is 0 Å². The molecular formula is C52H44N4. The summed E-state index contributed by atoms with van der Waals surface area (Å²) in [7, 11) is 0. The Morgan fingerprint density at radius 2 is 1.16 bits per heavy atom. The van der Waals surface area contributed by atoms with Gasteiger partial charge in [-0.2, -0.15) is 5.26 Å². The van der Waals surface area contributed by atoms with E-state index in [2.05, 4.69) is 147 Å². The Morgan fingerprint density at radius 1 is 0.536 bits per heavy atom. The Kier molecular flexibility index (Phi) is 8.48. The minimum Gasteiger partial charge on any atom is -0.208 e. The number of benzene rings is 6. The van der Waals surface area contributed by atoms with E-state index in [0.29, 0.717) is 23.0 Å². The second-order valence-corrected chi connectivity index (χ2v) is 16.8. The van der Waals surface area contributed by atoms with Gasteiger partial charge in [0.2, 0.25) is 0 Å². The molecule has 2 bridgehead atoms. The first-order chi connectivity index (χ1) is 27.4. The lowest BCUT2D eigenvalue weighted by Crippen LogP contribution is -2.42. The lowest BCUT2D eigenvalue weighted by Gasteiger charge is -2.50. The molecule has 0 N–H and O–H groups in total. The number of rotatable bonds is 6. The number of aromatic nitrogens is 3. The average Bonchev–Trinajstić information content (AvgIpc) is 3.57. The fourth-order valence-electron chi connectivity index (χ4n) is 10.8. The molecule has 1 heterocycles. The highest BCUT2D eigenvalue weighted by Gasteiger charge is 2.45. The molecule has 5 atom stereocenters. The molecule has 0 spiro atoms. The quantitative estimate of drug-likeness (QED) is 0.171. The molecular weight excluding hydrogens is 681 g/mol. The third kappa shape index (κ3) is 6.03. The largest absolute Gasteiger partial charge is 0.208 e. The number of hydrogen-bond acceptors (Lipinski definition) is 4. The minimum absolute atomic E-state index is 0.0339. The maximum Gasteiger partial charge on any atom is 0.164 e. The van der Waals surface area contributed by atoms with Gasteiger partial charge in [-0.15, -0.1) is 0 Å². The summed E-state index contributed by atoms with van der Waals surface area (Å²) in [5, 5.41) is 9.88. The molecule has 272 valence electrons. The van der Waals surface area contributed by atoms with Crippen LogP contribution in [0.25, 0.3) is 56.4 Å². The van der Waals surface area contributed by atoms with Crippen molar-refractivity contribution in [2.75, 3.05) is 0 Å². The number of nitrogens with zero attached hydrogens (tertiary/aromatic N) is 4. The normalized spacial score (nSPS) is 22.2. The molecule has 0 amide bonds. The third-order valence-electron chi connectivity index (χ3n) is 12.8. The summed E-state index contributed by atoms with van der Waals surface area (Å²) < 4.78 is 0. The Balaban J connectivity index is 1.14. The van der Waals surface area contributed by atoms with Crippen LogP contribution in [0, 0.1) is 29.1 Å². The van der Waals surface area contributed by atoms with Gasteiger partial charge in [0.25, 0.3) is 0 Å². The lowest BCUT2D eigenvalue weighted by atomic mass is 9.54. The van der Waals surface area contributed by atoms with Crippen LogP contribution in [0.3, 0.4) is 0 Å². The molecule has 6 aromatic carbocycles. The molecule has 2 fully saturated rings. The van der Waals surface area contributed by atoms with Gasteiger partial charge < -0.3 is 0 Å². The van der Waals surface area contributed by atoms with E-state index in [1.165, 1.54) is 48.8 Å². The summed E-state index contributed by atoms with van der Waals surface area (Å²) in [4.78, 5) is 15.9. The Morgan fingerprint density at radius 3 is 1.89 bits per heavy atom. The Bertz CT molecular complexity index is 2600. The van der Waals surface area contributed by atoms with Gasteiger partial charge in [-0.05, 0) is 118 Å². The van der Waals surface area contributed by atoms with Crippen LogP contribution in [-0.4, -0.2) is 15.0 Å². The predicted octanol–water partition coefficient (Wildman–Crippen LogP) is 12.7. The second-order valence-electron chi connectivity index (χ2n) is 16.8. The molecule has 1 aromatic heterocycles. The number of hydrogen-bond donors (Lipinski definition) is 0. The standard InChI is InChI=1S/C52H44N4/c1-33-25-36-26-34(2)30-52(29-33,31-36)42-22-20-39(21-23-42)49-54-50(41-16-9-15-40(28-41)37-11-5-3-6-12-37)56-51(55-49)45-18-10-17-43-46-27-35(32-53)19-24-44(46)47(48(43)45)38-13-7-4-8-14-38/h3-24,27-28,33-34,36,47H,25-26,29-31H2,1-2H3/t33-,34+,36?,47?,52?. The van der Waals surface area contributed by atoms with Crippen LogP contribution >= 0.6 is 0 Å². The number of nitriles is 1. The van der Waals surface area contributed by atoms with Crippen LogP contribution < -0.4 is 0 Å². The zero-order valence-corrected chi connectivity index (χ0v) is 32.0.